The van der Waals surface area contributed by atoms with Gasteiger partial charge in [-0.2, -0.15) is 0 Å². The fourth-order valence-electron chi connectivity index (χ4n) is 3.57. The van der Waals surface area contributed by atoms with E-state index in [-0.39, 0.29) is 17.6 Å². The number of amides is 1. The van der Waals surface area contributed by atoms with Gasteiger partial charge in [0, 0.05) is 30.3 Å². The van der Waals surface area contributed by atoms with Gasteiger partial charge < -0.3 is 4.90 Å². The topological polar surface area (TPSA) is 50.3 Å². The molecule has 0 spiro atoms. The van der Waals surface area contributed by atoms with Crippen molar-refractivity contribution in [1.29, 1.82) is 0 Å². The number of carbonyl (C=O) groups is 2. The standard InChI is InChI=1S/C21H26N2O2S/c1-15-20(26-16(2)22-15)13-21(25)23-12-6-9-18(14-23)19(24)11-10-17-7-4-3-5-8-17/h3-5,7-8,18H,6,9-14H2,1-2H3/t18-/m1/s1. The van der Waals surface area contributed by atoms with Crippen LogP contribution in [-0.2, 0) is 22.4 Å². The van der Waals surface area contributed by atoms with Gasteiger partial charge in [0.25, 0.3) is 0 Å². The molecule has 3 rings (SSSR count). The predicted octanol–water partition coefficient (Wildman–Crippen LogP) is 3.74. The molecule has 0 saturated carbocycles. The summed E-state index contributed by atoms with van der Waals surface area (Å²) in [6.07, 6.45) is 3.56. The van der Waals surface area contributed by atoms with Gasteiger partial charge in [-0.25, -0.2) is 4.98 Å². The van der Waals surface area contributed by atoms with Gasteiger partial charge in [0.15, 0.2) is 0 Å². The van der Waals surface area contributed by atoms with Gasteiger partial charge in [-0.3, -0.25) is 9.59 Å². The molecule has 1 aromatic carbocycles. The van der Waals surface area contributed by atoms with Crippen LogP contribution < -0.4 is 0 Å². The number of likely N-dealkylation sites (tertiary alicyclic amines) is 1. The maximum atomic E-state index is 12.7. The number of hydrogen-bond acceptors (Lipinski definition) is 4. The lowest BCUT2D eigenvalue weighted by Crippen LogP contribution is -2.43. The number of ketones is 1. The first-order valence-electron chi connectivity index (χ1n) is 9.30. The van der Waals surface area contributed by atoms with Crippen molar-refractivity contribution in [2.75, 3.05) is 13.1 Å². The lowest BCUT2D eigenvalue weighted by atomic mass is 9.90. The second kappa shape index (κ2) is 8.58. The summed E-state index contributed by atoms with van der Waals surface area (Å²) in [5.74, 6) is 0.397. The molecule has 1 fully saturated rings. The first-order valence-corrected chi connectivity index (χ1v) is 10.1. The van der Waals surface area contributed by atoms with Crippen LogP contribution in [0, 0.1) is 19.8 Å². The molecule has 1 amide bonds. The molecule has 0 unspecified atom stereocenters. The van der Waals surface area contributed by atoms with Gasteiger partial charge in [0.2, 0.25) is 5.91 Å². The number of aromatic nitrogens is 1. The molecule has 26 heavy (non-hydrogen) atoms. The predicted molar refractivity (Wildman–Crippen MR) is 104 cm³/mol. The van der Waals surface area contributed by atoms with Gasteiger partial charge in [-0.15, -0.1) is 11.3 Å². The summed E-state index contributed by atoms with van der Waals surface area (Å²) in [7, 11) is 0. The fraction of sp³-hybridized carbons (Fsp3) is 0.476. The summed E-state index contributed by atoms with van der Waals surface area (Å²) in [6, 6.07) is 10.1. The SMILES string of the molecule is Cc1nc(C)c(CC(=O)N2CCC[C@@H](C(=O)CCc3ccccc3)C2)s1. The minimum absolute atomic E-state index is 0.0132. The monoisotopic (exact) mass is 370 g/mol. The summed E-state index contributed by atoms with van der Waals surface area (Å²) in [5.41, 5.74) is 2.15. The van der Waals surface area contributed by atoms with Crippen molar-refractivity contribution in [3.05, 3.63) is 51.5 Å². The first-order chi connectivity index (χ1) is 12.5. The minimum Gasteiger partial charge on any atom is -0.342 e. The molecule has 1 aliphatic heterocycles. The highest BCUT2D eigenvalue weighted by atomic mass is 32.1. The summed E-state index contributed by atoms with van der Waals surface area (Å²) in [4.78, 5) is 32.6. The maximum absolute atomic E-state index is 12.7. The van der Waals surface area contributed by atoms with Gasteiger partial charge in [-0.05, 0) is 38.7 Å². The van der Waals surface area contributed by atoms with E-state index in [2.05, 4.69) is 17.1 Å². The Bertz CT molecular complexity index is 770. The zero-order valence-corrected chi connectivity index (χ0v) is 16.3. The zero-order valence-electron chi connectivity index (χ0n) is 15.5. The Kier molecular flexibility index (Phi) is 6.20. The highest BCUT2D eigenvalue weighted by Gasteiger charge is 2.28. The molecule has 1 aliphatic rings. The van der Waals surface area contributed by atoms with Crippen LogP contribution in [0.25, 0.3) is 0 Å². The molecular weight excluding hydrogens is 344 g/mol. The number of hydrogen-bond donors (Lipinski definition) is 0. The van der Waals surface area contributed by atoms with Crippen molar-refractivity contribution >= 4 is 23.0 Å². The Balaban J connectivity index is 1.53. The third-order valence-electron chi connectivity index (χ3n) is 5.04. The molecule has 1 atom stereocenters. The lowest BCUT2D eigenvalue weighted by molar-refractivity contribution is -0.134. The summed E-state index contributed by atoms with van der Waals surface area (Å²) >= 11 is 1.59. The fourth-order valence-corrected chi connectivity index (χ4v) is 4.50. The summed E-state index contributed by atoms with van der Waals surface area (Å²) < 4.78 is 0. The van der Waals surface area contributed by atoms with E-state index in [0.717, 1.165) is 41.4 Å². The Morgan fingerprint density at radius 3 is 2.69 bits per heavy atom. The second-order valence-corrected chi connectivity index (χ2v) is 8.34. The third kappa shape index (κ3) is 4.79. The van der Waals surface area contributed by atoms with Gasteiger partial charge in [0.05, 0.1) is 17.1 Å². The summed E-state index contributed by atoms with van der Waals surface area (Å²) in [6.45, 7) is 5.26. The van der Waals surface area contributed by atoms with E-state index in [1.54, 1.807) is 11.3 Å². The Morgan fingerprint density at radius 1 is 1.23 bits per heavy atom. The van der Waals surface area contributed by atoms with E-state index in [0.29, 0.717) is 19.4 Å². The lowest BCUT2D eigenvalue weighted by Gasteiger charge is -2.32. The minimum atomic E-state index is -0.0132. The van der Waals surface area contributed by atoms with Gasteiger partial charge >= 0.3 is 0 Å². The van der Waals surface area contributed by atoms with Crippen LogP contribution in [0.5, 0.6) is 0 Å². The molecule has 5 heteroatoms. The number of carbonyl (C=O) groups excluding carboxylic acids is 2. The largest absolute Gasteiger partial charge is 0.342 e. The smallest absolute Gasteiger partial charge is 0.227 e. The Labute approximate surface area is 159 Å². The normalized spacial score (nSPS) is 17.3. The highest BCUT2D eigenvalue weighted by Crippen LogP contribution is 2.23. The van der Waals surface area contributed by atoms with E-state index < -0.39 is 0 Å². The molecule has 0 bridgehead atoms. The summed E-state index contributed by atoms with van der Waals surface area (Å²) in [5, 5.41) is 0.998. The molecule has 1 saturated heterocycles. The first kappa shape index (κ1) is 18.8. The molecule has 0 aliphatic carbocycles. The number of Topliss-reactive ketones (excluding diaryl/α,β-unsaturated/α-hetero) is 1. The molecule has 4 nitrogen and oxygen atoms in total. The average molecular weight is 371 g/mol. The molecule has 0 radical (unpaired) electrons. The molecule has 138 valence electrons. The Morgan fingerprint density at radius 2 is 2.00 bits per heavy atom. The van der Waals surface area contributed by atoms with E-state index in [4.69, 9.17) is 0 Å². The van der Waals surface area contributed by atoms with Crippen LogP contribution in [-0.4, -0.2) is 34.7 Å². The maximum Gasteiger partial charge on any atom is 0.227 e. The molecule has 2 aromatic rings. The number of nitrogens with zero attached hydrogens (tertiary/aromatic N) is 2. The van der Waals surface area contributed by atoms with Crippen molar-refractivity contribution in [3.8, 4) is 0 Å². The molecule has 0 N–H and O–H groups in total. The van der Waals surface area contributed by atoms with Crippen LogP contribution in [0.4, 0.5) is 0 Å². The van der Waals surface area contributed by atoms with Crippen LogP contribution in [0.15, 0.2) is 30.3 Å². The quantitative estimate of drug-likeness (QED) is 0.778. The van der Waals surface area contributed by atoms with Gasteiger partial charge in [-0.1, -0.05) is 30.3 Å². The molecular formula is C21H26N2O2S. The van der Waals surface area contributed by atoms with E-state index in [1.807, 2.05) is 36.9 Å². The van der Waals surface area contributed by atoms with E-state index >= 15 is 0 Å². The number of thiazole rings is 1. The average Bonchev–Trinajstić information content (AvgIpc) is 2.97. The van der Waals surface area contributed by atoms with Crippen molar-refractivity contribution in [2.24, 2.45) is 5.92 Å². The van der Waals surface area contributed by atoms with Crippen molar-refractivity contribution < 1.29 is 9.59 Å². The highest BCUT2D eigenvalue weighted by molar-refractivity contribution is 7.11. The Hall–Kier alpha value is -2.01. The number of aryl methyl sites for hydroxylation is 3. The second-order valence-electron chi connectivity index (χ2n) is 7.05. The van der Waals surface area contributed by atoms with Crippen LogP contribution in [0.2, 0.25) is 0 Å². The number of benzene rings is 1. The zero-order chi connectivity index (χ0) is 18.5. The molecule has 1 aromatic heterocycles. The number of rotatable bonds is 6. The van der Waals surface area contributed by atoms with Crippen LogP contribution in [0.1, 0.15) is 40.4 Å². The van der Waals surface area contributed by atoms with Crippen molar-refractivity contribution in [1.82, 2.24) is 9.88 Å². The van der Waals surface area contributed by atoms with Gasteiger partial charge in [0.1, 0.15) is 5.78 Å². The van der Waals surface area contributed by atoms with Crippen molar-refractivity contribution in [2.45, 2.75) is 46.0 Å². The third-order valence-corrected chi connectivity index (χ3v) is 6.12. The van der Waals surface area contributed by atoms with Crippen LogP contribution >= 0.6 is 11.3 Å². The van der Waals surface area contributed by atoms with Crippen molar-refractivity contribution in [3.63, 3.8) is 0 Å². The van der Waals surface area contributed by atoms with E-state index in [9.17, 15) is 9.59 Å². The molecule has 2 heterocycles. The van der Waals surface area contributed by atoms with Crippen LogP contribution in [0.3, 0.4) is 0 Å². The van der Waals surface area contributed by atoms with E-state index in [1.165, 1.54) is 5.56 Å². The number of piperidine rings is 1.